The fraction of sp³-hybridized carbons (Fsp3) is 0.684. The van der Waals surface area contributed by atoms with Gasteiger partial charge in [-0.05, 0) is 43.6 Å². The summed E-state index contributed by atoms with van der Waals surface area (Å²) < 4.78 is 0. The van der Waals surface area contributed by atoms with Crippen LogP contribution >= 0.6 is 0 Å². The van der Waals surface area contributed by atoms with E-state index >= 15 is 0 Å². The van der Waals surface area contributed by atoms with Crippen molar-refractivity contribution in [1.82, 2.24) is 9.80 Å². The quantitative estimate of drug-likeness (QED) is 0.734. The third-order valence-corrected chi connectivity index (χ3v) is 5.19. The molecule has 0 atom stereocenters. The minimum atomic E-state index is 0.0667. The van der Waals surface area contributed by atoms with Gasteiger partial charge >= 0.3 is 0 Å². The van der Waals surface area contributed by atoms with Gasteiger partial charge in [0.25, 0.3) is 0 Å². The van der Waals surface area contributed by atoms with Gasteiger partial charge < -0.3 is 9.80 Å². The summed E-state index contributed by atoms with van der Waals surface area (Å²) in [6.07, 6.45) is 8.16. The molecule has 2 aliphatic rings. The Hall–Kier alpha value is -1.58. The Labute approximate surface area is 140 Å². The first kappa shape index (κ1) is 17.8. The minimum absolute atomic E-state index is 0.0667. The van der Waals surface area contributed by atoms with Crippen molar-refractivity contribution >= 4 is 11.8 Å². The number of amides is 2. The first-order valence-corrected chi connectivity index (χ1v) is 8.74. The number of nitrogens with zero attached hydrogens (tertiary/aromatic N) is 2. The molecule has 4 heteroatoms. The van der Waals surface area contributed by atoms with Crippen LogP contribution < -0.4 is 0 Å². The van der Waals surface area contributed by atoms with Crippen molar-refractivity contribution in [3.8, 4) is 0 Å². The van der Waals surface area contributed by atoms with Crippen molar-refractivity contribution in [1.29, 1.82) is 0 Å². The molecule has 0 bridgehead atoms. The summed E-state index contributed by atoms with van der Waals surface area (Å²) >= 11 is 0. The highest BCUT2D eigenvalue weighted by atomic mass is 16.2. The van der Waals surface area contributed by atoms with Gasteiger partial charge in [0.2, 0.25) is 11.8 Å². The van der Waals surface area contributed by atoms with Gasteiger partial charge in [-0.3, -0.25) is 9.59 Å². The number of rotatable bonds is 2. The molecule has 0 aromatic heterocycles. The smallest absolute Gasteiger partial charge is 0.246 e. The number of hydrogen-bond acceptors (Lipinski definition) is 2. The van der Waals surface area contributed by atoms with Gasteiger partial charge in [-0.15, -0.1) is 0 Å². The van der Waals surface area contributed by atoms with Crippen molar-refractivity contribution in [2.75, 3.05) is 26.2 Å². The van der Waals surface area contributed by atoms with E-state index < -0.39 is 0 Å². The average Bonchev–Trinajstić information content (AvgIpc) is 2.71. The lowest BCUT2D eigenvalue weighted by molar-refractivity contribution is -0.130. The number of allylic oxidation sites excluding steroid dienone is 3. The van der Waals surface area contributed by atoms with E-state index in [-0.39, 0.29) is 17.2 Å². The van der Waals surface area contributed by atoms with Crippen LogP contribution in [0.25, 0.3) is 0 Å². The number of hydrogen-bond donors (Lipinski definition) is 0. The molecule has 23 heavy (non-hydrogen) atoms. The van der Waals surface area contributed by atoms with Crippen LogP contribution in [0.15, 0.2) is 23.3 Å². The number of carbonyl (C=O) groups is 2. The van der Waals surface area contributed by atoms with Crippen LogP contribution in [0.3, 0.4) is 0 Å². The molecule has 4 nitrogen and oxygen atoms in total. The Morgan fingerprint density at radius 3 is 2.35 bits per heavy atom. The Kier molecular flexibility index (Phi) is 5.66. The summed E-state index contributed by atoms with van der Waals surface area (Å²) in [5, 5.41) is 0. The first-order valence-electron chi connectivity index (χ1n) is 8.74. The maximum Gasteiger partial charge on any atom is 0.246 e. The van der Waals surface area contributed by atoms with Crippen molar-refractivity contribution in [2.45, 2.75) is 53.4 Å². The molecule has 0 radical (unpaired) electrons. The lowest BCUT2D eigenvalue weighted by atomic mass is 9.72. The molecule has 0 unspecified atom stereocenters. The molecular formula is C19H30N2O2. The van der Waals surface area contributed by atoms with E-state index in [0.29, 0.717) is 13.1 Å². The molecule has 2 rings (SSSR count). The zero-order chi connectivity index (χ0) is 17.0. The minimum Gasteiger partial charge on any atom is -0.341 e. The molecule has 1 aliphatic heterocycles. The average molecular weight is 318 g/mol. The molecule has 0 N–H and O–H groups in total. The van der Waals surface area contributed by atoms with Crippen LogP contribution in [0.1, 0.15) is 53.4 Å². The van der Waals surface area contributed by atoms with Gasteiger partial charge in [0, 0.05) is 39.2 Å². The van der Waals surface area contributed by atoms with Crippen molar-refractivity contribution in [3.63, 3.8) is 0 Å². The Balaban J connectivity index is 2.02. The molecule has 0 saturated carbocycles. The second kappa shape index (κ2) is 7.33. The van der Waals surface area contributed by atoms with E-state index in [1.54, 1.807) is 13.0 Å². The second-order valence-electron chi connectivity index (χ2n) is 7.45. The normalized spacial score (nSPS) is 22.4. The van der Waals surface area contributed by atoms with Gasteiger partial charge in [0.05, 0.1) is 0 Å². The van der Waals surface area contributed by atoms with Crippen LogP contribution in [-0.2, 0) is 9.59 Å². The monoisotopic (exact) mass is 318 g/mol. The fourth-order valence-electron chi connectivity index (χ4n) is 3.72. The summed E-state index contributed by atoms with van der Waals surface area (Å²) in [4.78, 5) is 27.7. The highest BCUT2D eigenvalue weighted by molar-refractivity contribution is 5.88. The van der Waals surface area contributed by atoms with Gasteiger partial charge in [-0.2, -0.15) is 0 Å². The largest absolute Gasteiger partial charge is 0.341 e. The summed E-state index contributed by atoms with van der Waals surface area (Å²) in [5.74, 6) is 0.164. The summed E-state index contributed by atoms with van der Waals surface area (Å²) in [7, 11) is 0. The highest BCUT2D eigenvalue weighted by Crippen LogP contribution is 2.40. The summed E-state index contributed by atoms with van der Waals surface area (Å²) in [6, 6.07) is 0. The van der Waals surface area contributed by atoms with E-state index in [4.69, 9.17) is 0 Å². The predicted molar refractivity (Wildman–Crippen MR) is 92.9 cm³/mol. The molecule has 2 amide bonds. The maximum absolute atomic E-state index is 12.5. The lowest BCUT2D eigenvalue weighted by Crippen LogP contribution is -2.35. The molecule has 0 spiro atoms. The third-order valence-electron chi connectivity index (χ3n) is 5.19. The molecule has 1 fully saturated rings. The van der Waals surface area contributed by atoms with Gasteiger partial charge in [-0.1, -0.05) is 25.5 Å². The molecule has 0 aromatic carbocycles. The Bertz CT molecular complexity index is 531. The second-order valence-corrected chi connectivity index (χ2v) is 7.45. The van der Waals surface area contributed by atoms with E-state index in [9.17, 15) is 9.59 Å². The molecule has 128 valence electrons. The molecular weight excluding hydrogens is 288 g/mol. The first-order chi connectivity index (χ1) is 10.8. The van der Waals surface area contributed by atoms with Crippen LogP contribution in [-0.4, -0.2) is 47.8 Å². The molecule has 0 aromatic rings. The van der Waals surface area contributed by atoms with Gasteiger partial charge in [0.1, 0.15) is 0 Å². The zero-order valence-corrected chi connectivity index (χ0v) is 15.0. The van der Waals surface area contributed by atoms with Crippen LogP contribution in [0, 0.1) is 5.41 Å². The maximum atomic E-state index is 12.5. The SMILES string of the molecule is CC(=O)N1CCCN(C(=O)C=CC2=C(C)CCCC2(C)C)CC1. The zero-order valence-electron chi connectivity index (χ0n) is 15.0. The van der Waals surface area contributed by atoms with Crippen LogP contribution in [0.4, 0.5) is 0 Å². The lowest BCUT2D eigenvalue weighted by Gasteiger charge is -2.33. The topological polar surface area (TPSA) is 40.6 Å². The number of carbonyl (C=O) groups excluding carboxylic acids is 2. The summed E-state index contributed by atoms with van der Waals surface area (Å²) in [6.45, 7) is 11.0. The molecule has 1 heterocycles. The molecule has 1 aliphatic carbocycles. The fourth-order valence-corrected chi connectivity index (χ4v) is 3.72. The van der Waals surface area contributed by atoms with Crippen molar-refractivity contribution in [3.05, 3.63) is 23.3 Å². The standard InChI is InChI=1S/C19H30N2O2/c1-15-7-5-10-19(3,4)17(15)8-9-18(23)21-12-6-11-20(13-14-21)16(2)22/h8-9H,5-7,10-14H2,1-4H3. The van der Waals surface area contributed by atoms with Crippen LogP contribution in [0.5, 0.6) is 0 Å². The van der Waals surface area contributed by atoms with Gasteiger partial charge in [0.15, 0.2) is 0 Å². The van der Waals surface area contributed by atoms with Crippen molar-refractivity contribution < 1.29 is 9.59 Å². The Morgan fingerprint density at radius 2 is 1.70 bits per heavy atom. The molecule has 1 saturated heterocycles. The van der Waals surface area contributed by atoms with E-state index in [1.165, 1.54) is 24.0 Å². The highest BCUT2D eigenvalue weighted by Gasteiger charge is 2.27. The van der Waals surface area contributed by atoms with Crippen molar-refractivity contribution in [2.24, 2.45) is 5.41 Å². The summed E-state index contributed by atoms with van der Waals surface area (Å²) in [5.41, 5.74) is 2.88. The van der Waals surface area contributed by atoms with E-state index in [0.717, 1.165) is 25.9 Å². The van der Waals surface area contributed by atoms with Gasteiger partial charge in [-0.25, -0.2) is 0 Å². The Morgan fingerprint density at radius 1 is 1.04 bits per heavy atom. The van der Waals surface area contributed by atoms with Crippen LogP contribution in [0.2, 0.25) is 0 Å². The van der Waals surface area contributed by atoms with E-state index in [2.05, 4.69) is 20.8 Å². The van der Waals surface area contributed by atoms with E-state index in [1.807, 2.05) is 15.9 Å². The third kappa shape index (κ3) is 4.46. The predicted octanol–water partition coefficient (Wildman–Crippen LogP) is 3.15.